The first-order valence-corrected chi connectivity index (χ1v) is 7.02. The van der Waals surface area contributed by atoms with Crippen molar-refractivity contribution >= 4 is 6.09 Å². The summed E-state index contributed by atoms with van der Waals surface area (Å²) < 4.78 is 5.59. The Bertz CT molecular complexity index is 296. The highest BCUT2D eigenvalue weighted by Crippen LogP contribution is 2.39. The molecule has 1 unspecified atom stereocenters. The van der Waals surface area contributed by atoms with E-state index < -0.39 is 6.09 Å². The number of carboxylic acid groups (broad SMARTS) is 1. The number of rotatable bonds is 4. The Balaban J connectivity index is 2.96. The SMILES string of the molecule is CN(C(=O)O)C(CN)[C@@H]([C@H]1CCCOC1)C(C)(C)C. The third-order valence-corrected chi connectivity index (χ3v) is 4.16. The lowest BCUT2D eigenvalue weighted by molar-refractivity contribution is -0.0264. The number of hydrogen-bond donors (Lipinski definition) is 2. The van der Waals surface area contributed by atoms with Gasteiger partial charge in [0.2, 0.25) is 0 Å². The Labute approximate surface area is 116 Å². The average Bonchev–Trinajstić information content (AvgIpc) is 2.34. The van der Waals surface area contributed by atoms with Crippen LogP contribution in [0.15, 0.2) is 0 Å². The molecular weight excluding hydrogens is 244 g/mol. The van der Waals surface area contributed by atoms with Crippen molar-refractivity contribution in [3.63, 3.8) is 0 Å². The molecule has 0 radical (unpaired) electrons. The molecule has 0 saturated carbocycles. The van der Waals surface area contributed by atoms with Crippen LogP contribution in [-0.2, 0) is 4.74 Å². The summed E-state index contributed by atoms with van der Waals surface area (Å²) in [6.07, 6.45) is 1.22. The summed E-state index contributed by atoms with van der Waals surface area (Å²) in [4.78, 5) is 12.6. The molecule has 0 aromatic heterocycles. The molecule has 1 aliphatic heterocycles. The van der Waals surface area contributed by atoms with Gasteiger partial charge in [0.15, 0.2) is 0 Å². The van der Waals surface area contributed by atoms with Gasteiger partial charge in [-0.15, -0.1) is 0 Å². The molecule has 1 aliphatic rings. The Morgan fingerprint density at radius 2 is 2.16 bits per heavy atom. The Morgan fingerprint density at radius 3 is 2.53 bits per heavy atom. The van der Waals surface area contributed by atoms with Gasteiger partial charge in [0.1, 0.15) is 0 Å². The fourth-order valence-electron chi connectivity index (χ4n) is 3.33. The fraction of sp³-hybridized carbons (Fsp3) is 0.929. The minimum Gasteiger partial charge on any atom is -0.465 e. The van der Waals surface area contributed by atoms with Crippen molar-refractivity contribution in [1.29, 1.82) is 0 Å². The van der Waals surface area contributed by atoms with E-state index in [0.29, 0.717) is 19.1 Å². The summed E-state index contributed by atoms with van der Waals surface area (Å²) in [7, 11) is 1.61. The van der Waals surface area contributed by atoms with Crippen LogP contribution < -0.4 is 5.73 Å². The zero-order valence-corrected chi connectivity index (χ0v) is 12.6. The third kappa shape index (κ3) is 4.08. The lowest BCUT2D eigenvalue weighted by Crippen LogP contribution is -2.53. The lowest BCUT2D eigenvalue weighted by Gasteiger charge is -2.45. The van der Waals surface area contributed by atoms with E-state index in [1.54, 1.807) is 7.05 Å². The van der Waals surface area contributed by atoms with Crippen molar-refractivity contribution in [3.05, 3.63) is 0 Å². The molecule has 0 bridgehead atoms. The minimum atomic E-state index is -0.915. The van der Waals surface area contributed by atoms with E-state index in [-0.39, 0.29) is 17.4 Å². The summed E-state index contributed by atoms with van der Waals surface area (Å²) in [6, 6.07) is -0.163. The summed E-state index contributed by atoms with van der Waals surface area (Å²) in [5.74, 6) is 0.586. The van der Waals surface area contributed by atoms with Gasteiger partial charge in [0, 0.05) is 26.8 Å². The van der Waals surface area contributed by atoms with Crippen LogP contribution >= 0.6 is 0 Å². The Kier molecular flexibility index (Phi) is 5.62. The normalized spacial score (nSPS) is 23.7. The molecule has 1 amide bonds. The molecule has 1 rings (SSSR count). The van der Waals surface area contributed by atoms with E-state index in [1.165, 1.54) is 4.90 Å². The third-order valence-electron chi connectivity index (χ3n) is 4.16. The van der Waals surface area contributed by atoms with E-state index >= 15 is 0 Å². The van der Waals surface area contributed by atoms with Crippen molar-refractivity contribution in [2.45, 2.75) is 39.7 Å². The van der Waals surface area contributed by atoms with Crippen LogP contribution in [-0.4, -0.2) is 48.9 Å². The first-order chi connectivity index (χ1) is 8.79. The van der Waals surface area contributed by atoms with Gasteiger partial charge >= 0.3 is 6.09 Å². The topological polar surface area (TPSA) is 75.8 Å². The molecule has 1 saturated heterocycles. The van der Waals surface area contributed by atoms with Crippen molar-refractivity contribution in [3.8, 4) is 0 Å². The van der Waals surface area contributed by atoms with Crippen LogP contribution in [0, 0.1) is 17.3 Å². The molecule has 3 N–H and O–H groups in total. The second-order valence-electron chi connectivity index (χ2n) is 6.57. The quantitative estimate of drug-likeness (QED) is 0.821. The summed E-state index contributed by atoms with van der Waals surface area (Å²) >= 11 is 0. The molecule has 0 aromatic carbocycles. The molecule has 3 atom stereocenters. The maximum atomic E-state index is 11.3. The number of carbonyl (C=O) groups is 1. The molecule has 0 aliphatic carbocycles. The molecule has 112 valence electrons. The second kappa shape index (κ2) is 6.57. The van der Waals surface area contributed by atoms with Gasteiger partial charge < -0.3 is 20.5 Å². The maximum absolute atomic E-state index is 11.3. The smallest absolute Gasteiger partial charge is 0.407 e. The zero-order valence-electron chi connectivity index (χ0n) is 12.6. The largest absolute Gasteiger partial charge is 0.465 e. The lowest BCUT2D eigenvalue weighted by atomic mass is 9.67. The Morgan fingerprint density at radius 1 is 1.53 bits per heavy atom. The number of hydrogen-bond acceptors (Lipinski definition) is 3. The number of nitrogens with two attached hydrogens (primary N) is 1. The molecule has 19 heavy (non-hydrogen) atoms. The van der Waals surface area contributed by atoms with E-state index in [4.69, 9.17) is 10.5 Å². The maximum Gasteiger partial charge on any atom is 0.407 e. The van der Waals surface area contributed by atoms with E-state index in [2.05, 4.69) is 20.8 Å². The number of amides is 1. The van der Waals surface area contributed by atoms with Crippen LogP contribution in [0.3, 0.4) is 0 Å². The van der Waals surface area contributed by atoms with Gasteiger partial charge in [-0.25, -0.2) is 4.79 Å². The van der Waals surface area contributed by atoms with Gasteiger partial charge in [-0.2, -0.15) is 0 Å². The first kappa shape index (κ1) is 16.2. The summed E-state index contributed by atoms with van der Waals surface area (Å²) in [5, 5.41) is 9.24. The van der Waals surface area contributed by atoms with Gasteiger partial charge in [-0.3, -0.25) is 0 Å². The fourth-order valence-corrected chi connectivity index (χ4v) is 3.33. The number of ether oxygens (including phenoxy) is 1. The van der Waals surface area contributed by atoms with E-state index in [0.717, 1.165) is 19.4 Å². The zero-order chi connectivity index (χ0) is 14.6. The van der Waals surface area contributed by atoms with Crippen molar-refractivity contribution in [2.75, 3.05) is 26.8 Å². The van der Waals surface area contributed by atoms with Crippen LogP contribution in [0.25, 0.3) is 0 Å². The Hall–Kier alpha value is -0.810. The van der Waals surface area contributed by atoms with E-state index in [1.807, 2.05) is 0 Å². The average molecular weight is 272 g/mol. The minimum absolute atomic E-state index is 0.000880. The highest BCUT2D eigenvalue weighted by Gasteiger charge is 2.41. The molecular formula is C14H28N2O3. The highest BCUT2D eigenvalue weighted by atomic mass is 16.5. The molecule has 5 nitrogen and oxygen atoms in total. The van der Waals surface area contributed by atoms with Crippen LogP contribution in [0.2, 0.25) is 0 Å². The molecule has 0 aromatic rings. The monoisotopic (exact) mass is 272 g/mol. The molecule has 0 spiro atoms. The number of likely N-dealkylation sites (N-methyl/N-ethyl adjacent to an activating group) is 1. The highest BCUT2D eigenvalue weighted by molar-refractivity contribution is 5.65. The summed E-state index contributed by atoms with van der Waals surface area (Å²) in [6.45, 7) is 8.35. The van der Waals surface area contributed by atoms with Crippen LogP contribution in [0.1, 0.15) is 33.6 Å². The second-order valence-corrected chi connectivity index (χ2v) is 6.57. The number of nitrogens with zero attached hydrogens (tertiary/aromatic N) is 1. The molecule has 1 heterocycles. The standard InChI is InChI=1S/C14H28N2O3/c1-14(2,3)12(10-6-5-7-19-9-10)11(8-15)16(4)13(17)18/h10-12H,5-9,15H2,1-4H3,(H,17,18)/t10-,11?,12+/m0/s1. The molecule has 5 heteroatoms. The van der Waals surface area contributed by atoms with Gasteiger partial charge in [-0.05, 0) is 30.1 Å². The predicted molar refractivity (Wildman–Crippen MR) is 75.1 cm³/mol. The van der Waals surface area contributed by atoms with Crippen LogP contribution in [0.5, 0.6) is 0 Å². The van der Waals surface area contributed by atoms with Crippen molar-refractivity contribution in [1.82, 2.24) is 4.90 Å². The predicted octanol–water partition coefficient (Wildman–Crippen LogP) is 2.01. The van der Waals surface area contributed by atoms with E-state index in [9.17, 15) is 9.90 Å². The molecule has 1 fully saturated rings. The van der Waals surface area contributed by atoms with Crippen LogP contribution in [0.4, 0.5) is 4.79 Å². The van der Waals surface area contributed by atoms with Gasteiger partial charge in [0.05, 0.1) is 6.04 Å². The van der Waals surface area contributed by atoms with Gasteiger partial charge in [-0.1, -0.05) is 20.8 Å². The van der Waals surface area contributed by atoms with Crippen molar-refractivity contribution < 1.29 is 14.6 Å². The first-order valence-electron chi connectivity index (χ1n) is 7.02. The van der Waals surface area contributed by atoms with Gasteiger partial charge in [0.25, 0.3) is 0 Å². The van der Waals surface area contributed by atoms with Crippen molar-refractivity contribution in [2.24, 2.45) is 23.0 Å². The summed E-state index contributed by atoms with van der Waals surface area (Å²) in [5.41, 5.74) is 5.87.